The Bertz CT molecular complexity index is 452. The van der Waals surface area contributed by atoms with Gasteiger partial charge < -0.3 is 5.11 Å². The van der Waals surface area contributed by atoms with Gasteiger partial charge in [0, 0.05) is 0 Å². The molecule has 0 aliphatic heterocycles. The minimum Gasteiger partial charge on any atom is -0.478 e. The summed E-state index contributed by atoms with van der Waals surface area (Å²) in [6.07, 6.45) is -2.48. The van der Waals surface area contributed by atoms with Gasteiger partial charge in [-0.05, 0) is 36.5 Å². The third-order valence-electron chi connectivity index (χ3n) is 3.18. The molecule has 0 fully saturated rings. The molecular formula is C14H17F3O2. The van der Waals surface area contributed by atoms with Crippen LogP contribution in [0.25, 0.3) is 0 Å². The van der Waals surface area contributed by atoms with Crippen molar-refractivity contribution in [2.75, 3.05) is 0 Å². The summed E-state index contributed by atoms with van der Waals surface area (Å²) in [5, 5.41) is 8.80. The molecule has 1 atom stereocenters. The Labute approximate surface area is 110 Å². The fourth-order valence-electron chi connectivity index (χ4n) is 2.22. The summed E-state index contributed by atoms with van der Waals surface area (Å²) in [4.78, 5) is 10.8. The fourth-order valence-corrected chi connectivity index (χ4v) is 2.22. The lowest BCUT2D eigenvalue weighted by molar-refractivity contribution is -0.138. The van der Waals surface area contributed by atoms with Gasteiger partial charge in [0.1, 0.15) is 0 Å². The lowest BCUT2D eigenvalue weighted by atomic mass is 9.87. The number of alkyl halides is 3. The van der Waals surface area contributed by atoms with Crippen LogP contribution < -0.4 is 0 Å². The number of rotatable bonds is 5. The summed E-state index contributed by atoms with van der Waals surface area (Å²) in [5.41, 5.74) is -0.961. The summed E-state index contributed by atoms with van der Waals surface area (Å²) in [5.74, 6) is -1.54. The highest BCUT2D eigenvalue weighted by atomic mass is 19.4. The molecule has 19 heavy (non-hydrogen) atoms. The van der Waals surface area contributed by atoms with Gasteiger partial charge in [-0.3, -0.25) is 0 Å². The molecule has 1 unspecified atom stereocenters. The van der Waals surface area contributed by atoms with Gasteiger partial charge in [0.25, 0.3) is 0 Å². The molecule has 0 spiro atoms. The van der Waals surface area contributed by atoms with Crippen molar-refractivity contribution >= 4 is 5.97 Å². The Morgan fingerprint density at radius 2 is 1.95 bits per heavy atom. The van der Waals surface area contributed by atoms with Crippen LogP contribution in [0.3, 0.4) is 0 Å². The molecule has 0 bridgehead atoms. The fraction of sp³-hybridized carbons (Fsp3) is 0.500. The van der Waals surface area contributed by atoms with Gasteiger partial charge >= 0.3 is 12.1 Å². The van der Waals surface area contributed by atoms with Crippen LogP contribution in [0.1, 0.15) is 60.5 Å². The van der Waals surface area contributed by atoms with Crippen LogP contribution in [0.5, 0.6) is 0 Å². The highest BCUT2D eigenvalue weighted by Gasteiger charge is 2.35. The van der Waals surface area contributed by atoms with Crippen molar-refractivity contribution in [3.05, 3.63) is 34.9 Å². The monoisotopic (exact) mass is 274 g/mol. The van der Waals surface area contributed by atoms with E-state index in [-0.39, 0.29) is 17.0 Å². The van der Waals surface area contributed by atoms with E-state index in [2.05, 4.69) is 0 Å². The molecule has 0 aliphatic carbocycles. The normalized spacial score (nSPS) is 13.3. The van der Waals surface area contributed by atoms with Crippen LogP contribution in [0, 0.1) is 0 Å². The molecule has 106 valence electrons. The average molecular weight is 274 g/mol. The second-order valence-electron chi connectivity index (χ2n) is 4.50. The third kappa shape index (κ3) is 3.72. The van der Waals surface area contributed by atoms with Crippen molar-refractivity contribution in [1.82, 2.24) is 0 Å². The number of hydrogen-bond acceptors (Lipinski definition) is 1. The van der Waals surface area contributed by atoms with Crippen LogP contribution in [0.2, 0.25) is 0 Å². The zero-order valence-corrected chi connectivity index (χ0v) is 10.9. The van der Waals surface area contributed by atoms with Gasteiger partial charge in [-0.15, -0.1) is 0 Å². The Kier molecular flexibility index (Phi) is 4.97. The van der Waals surface area contributed by atoms with E-state index in [1.807, 2.05) is 13.8 Å². The number of halogens is 3. The molecular weight excluding hydrogens is 257 g/mol. The van der Waals surface area contributed by atoms with Crippen LogP contribution in [0.15, 0.2) is 18.2 Å². The predicted octanol–water partition coefficient (Wildman–Crippen LogP) is 4.70. The molecule has 1 aromatic rings. The van der Waals surface area contributed by atoms with E-state index in [0.717, 1.165) is 12.5 Å². The first-order valence-corrected chi connectivity index (χ1v) is 6.25. The number of carboxylic acids is 1. The molecule has 0 amide bonds. The summed E-state index contributed by atoms with van der Waals surface area (Å²) in [7, 11) is 0. The SMILES string of the molecule is CCCC(CC)c1ccc(C(=O)O)cc1C(F)(F)F. The molecule has 2 nitrogen and oxygen atoms in total. The first-order valence-electron chi connectivity index (χ1n) is 6.25. The number of hydrogen-bond donors (Lipinski definition) is 1. The van der Waals surface area contributed by atoms with E-state index in [9.17, 15) is 18.0 Å². The van der Waals surface area contributed by atoms with Crippen LogP contribution in [-0.2, 0) is 6.18 Å². The second kappa shape index (κ2) is 6.08. The van der Waals surface area contributed by atoms with Crippen LogP contribution in [0.4, 0.5) is 13.2 Å². The highest BCUT2D eigenvalue weighted by molar-refractivity contribution is 5.88. The van der Waals surface area contributed by atoms with E-state index < -0.39 is 17.7 Å². The molecule has 0 aliphatic rings. The number of aromatic carboxylic acids is 1. The minimum absolute atomic E-state index is 0.190. The molecule has 1 rings (SSSR count). The first kappa shape index (κ1) is 15.5. The molecule has 0 saturated heterocycles. The summed E-state index contributed by atoms with van der Waals surface area (Å²) < 4.78 is 39.1. The summed E-state index contributed by atoms with van der Waals surface area (Å²) in [6, 6.07) is 3.28. The standard InChI is InChI=1S/C14H17F3O2/c1-3-5-9(4-2)11-7-6-10(13(18)19)8-12(11)14(15,16)17/h6-9H,3-5H2,1-2H3,(H,18,19). The minimum atomic E-state index is -4.53. The van der Waals surface area contributed by atoms with E-state index in [1.165, 1.54) is 12.1 Å². The lowest BCUT2D eigenvalue weighted by Crippen LogP contribution is -2.14. The second-order valence-corrected chi connectivity index (χ2v) is 4.50. The third-order valence-corrected chi connectivity index (χ3v) is 3.18. The number of carbonyl (C=O) groups is 1. The molecule has 1 aromatic carbocycles. The highest BCUT2D eigenvalue weighted by Crippen LogP contribution is 2.38. The smallest absolute Gasteiger partial charge is 0.416 e. The molecule has 0 radical (unpaired) electrons. The van der Waals surface area contributed by atoms with Crippen molar-refractivity contribution in [3.63, 3.8) is 0 Å². The predicted molar refractivity (Wildman–Crippen MR) is 66.3 cm³/mol. The molecule has 0 aromatic heterocycles. The van der Waals surface area contributed by atoms with E-state index >= 15 is 0 Å². The number of carboxylic acid groups (broad SMARTS) is 1. The maximum absolute atomic E-state index is 13.0. The van der Waals surface area contributed by atoms with Crippen molar-refractivity contribution < 1.29 is 23.1 Å². The molecule has 0 saturated carbocycles. The quantitative estimate of drug-likeness (QED) is 0.845. The van der Waals surface area contributed by atoms with E-state index in [0.29, 0.717) is 12.8 Å². The van der Waals surface area contributed by atoms with Crippen LogP contribution >= 0.6 is 0 Å². The van der Waals surface area contributed by atoms with Gasteiger partial charge in [0.15, 0.2) is 0 Å². The van der Waals surface area contributed by atoms with E-state index in [4.69, 9.17) is 5.11 Å². The van der Waals surface area contributed by atoms with Gasteiger partial charge in [-0.2, -0.15) is 13.2 Å². The molecule has 5 heteroatoms. The maximum atomic E-state index is 13.0. The van der Waals surface area contributed by atoms with Gasteiger partial charge in [-0.1, -0.05) is 26.3 Å². The first-order chi connectivity index (χ1) is 8.81. The zero-order valence-electron chi connectivity index (χ0n) is 10.9. The average Bonchev–Trinajstić information content (AvgIpc) is 2.34. The van der Waals surface area contributed by atoms with Crippen LogP contribution in [-0.4, -0.2) is 11.1 Å². The van der Waals surface area contributed by atoms with Crippen molar-refractivity contribution in [2.24, 2.45) is 0 Å². The zero-order chi connectivity index (χ0) is 14.6. The van der Waals surface area contributed by atoms with Crippen molar-refractivity contribution in [2.45, 2.75) is 45.2 Å². The van der Waals surface area contributed by atoms with E-state index in [1.54, 1.807) is 0 Å². The summed E-state index contributed by atoms with van der Waals surface area (Å²) >= 11 is 0. The Morgan fingerprint density at radius 1 is 1.32 bits per heavy atom. The Hall–Kier alpha value is -1.52. The number of benzene rings is 1. The lowest BCUT2D eigenvalue weighted by Gasteiger charge is -2.20. The van der Waals surface area contributed by atoms with Gasteiger partial charge in [0.05, 0.1) is 11.1 Å². The molecule has 0 heterocycles. The Morgan fingerprint density at radius 3 is 2.37 bits per heavy atom. The van der Waals surface area contributed by atoms with Crippen molar-refractivity contribution in [3.8, 4) is 0 Å². The Balaban J connectivity index is 3.34. The maximum Gasteiger partial charge on any atom is 0.416 e. The van der Waals surface area contributed by atoms with Gasteiger partial charge in [-0.25, -0.2) is 4.79 Å². The topological polar surface area (TPSA) is 37.3 Å². The van der Waals surface area contributed by atoms with Gasteiger partial charge in [0.2, 0.25) is 0 Å². The summed E-state index contributed by atoms with van der Waals surface area (Å²) in [6.45, 7) is 3.76. The largest absolute Gasteiger partial charge is 0.478 e. The van der Waals surface area contributed by atoms with Crippen molar-refractivity contribution in [1.29, 1.82) is 0 Å². The molecule has 1 N–H and O–H groups in total.